The number of pyridine rings is 3. The molecule has 130 valence electrons. The number of aromatic amines is 1. The van der Waals surface area contributed by atoms with Crippen molar-refractivity contribution in [2.24, 2.45) is 0 Å². The van der Waals surface area contributed by atoms with Crippen LogP contribution in [0.2, 0.25) is 0 Å². The minimum Gasteiger partial charge on any atom is -0.338 e. The van der Waals surface area contributed by atoms with E-state index in [0.29, 0.717) is 0 Å². The zero-order valence-corrected chi connectivity index (χ0v) is 14.7. The molecule has 5 heterocycles. The normalized spacial score (nSPS) is 12.3. The van der Waals surface area contributed by atoms with Crippen LogP contribution in [-0.2, 0) is 0 Å². The van der Waals surface area contributed by atoms with Crippen molar-refractivity contribution in [3.05, 3.63) is 73.2 Å². The number of fused-ring (bicyclic) bond motifs is 12. The van der Waals surface area contributed by atoms with E-state index < -0.39 is 0 Å². The zero-order chi connectivity index (χ0) is 18.2. The summed E-state index contributed by atoms with van der Waals surface area (Å²) in [6.45, 7) is 0. The maximum absolute atomic E-state index is 4.99. The van der Waals surface area contributed by atoms with Crippen molar-refractivity contribution in [2.75, 3.05) is 0 Å². The molecule has 0 amide bonds. The van der Waals surface area contributed by atoms with Gasteiger partial charge in [-0.15, -0.1) is 0 Å². The monoisotopic (exact) mass is 359 g/mol. The molecule has 2 aromatic carbocycles. The molecule has 0 saturated heterocycles. The summed E-state index contributed by atoms with van der Waals surface area (Å²) >= 11 is 0. The number of hydrogen-bond acceptors (Lipinski definition) is 3. The van der Waals surface area contributed by atoms with Crippen LogP contribution >= 0.6 is 0 Å². The van der Waals surface area contributed by atoms with Gasteiger partial charge in [0.15, 0.2) is 0 Å². The number of benzene rings is 2. The lowest BCUT2D eigenvalue weighted by atomic mass is 10.0. The first-order valence-electron chi connectivity index (χ1n) is 9.22. The number of H-pyrrole nitrogens is 1. The van der Waals surface area contributed by atoms with Gasteiger partial charge in [0.1, 0.15) is 11.3 Å². The molecule has 5 heteroatoms. The van der Waals surface area contributed by atoms with Crippen LogP contribution in [0.4, 0.5) is 0 Å². The standard InChI is InChI=1S/C23H13N5/c1-2-6-17-13(4-1)14-7-8-16-20(21(14)26-17)15-5-3-10-25-22(15)28-19-9-11-24-12-18(19)27-23(16)28/h1-12,27H. The molecule has 5 nitrogen and oxygen atoms in total. The molecule has 0 aliphatic carbocycles. The number of nitrogens with one attached hydrogen (secondary N) is 1. The molecule has 1 N–H and O–H groups in total. The molecule has 0 saturated carbocycles. The summed E-state index contributed by atoms with van der Waals surface area (Å²) in [5.74, 6) is 0. The summed E-state index contributed by atoms with van der Waals surface area (Å²) in [6, 6.07) is 18.8. The van der Waals surface area contributed by atoms with E-state index in [1.54, 1.807) is 0 Å². The molecule has 0 bridgehead atoms. The Labute approximate surface area is 158 Å². The van der Waals surface area contributed by atoms with E-state index in [9.17, 15) is 0 Å². The van der Waals surface area contributed by atoms with Crippen molar-refractivity contribution in [2.45, 2.75) is 0 Å². The highest BCUT2D eigenvalue weighted by molar-refractivity contribution is 6.26. The average Bonchev–Trinajstić information content (AvgIpc) is 3.32. The summed E-state index contributed by atoms with van der Waals surface area (Å²) in [6.07, 6.45) is 5.52. The predicted octanol–water partition coefficient (Wildman–Crippen LogP) is 5.22. The van der Waals surface area contributed by atoms with E-state index in [-0.39, 0.29) is 0 Å². The van der Waals surface area contributed by atoms with Gasteiger partial charge in [-0.2, -0.15) is 0 Å². The molecule has 0 spiro atoms. The Morgan fingerprint density at radius 2 is 1.68 bits per heavy atom. The van der Waals surface area contributed by atoms with E-state index in [1.807, 2.05) is 36.8 Å². The summed E-state index contributed by atoms with van der Waals surface area (Å²) in [7, 11) is 0. The molecule has 0 radical (unpaired) electrons. The summed E-state index contributed by atoms with van der Waals surface area (Å²) in [4.78, 5) is 17.5. The molecule has 0 atom stereocenters. The Morgan fingerprint density at radius 3 is 2.68 bits per heavy atom. The van der Waals surface area contributed by atoms with Gasteiger partial charge in [0.25, 0.3) is 0 Å². The van der Waals surface area contributed by atoms with Gasteiger partial charge < -0.3 is 4.98 Å². The minimum absolute atomic E-state index is 0.919. The van der Waals surface area contributed by atoms with E-state index in [1.165, 1.54) is 10.8 Å². The smallest absolute Gasteiger partial charge is 0.146 e. The van der Waals surface area contributed by atoms with E-state index in [2.05, 4.69) is 50.8 Å². The Bertz CT molecular complexity index is 1720. The van der Waals surface area contributed by atoms with E-state index in [4.69, 9.17) is 9.97 Å². The van der Waals surface area contributed by atoms with E-state index in [0.717, 1.165) is 49.5 Å². The van der Waals surface area contributed by atoms with E-state index >= 15 is 0 Å². The Kier molecular flexibility index (Phi) is 2.44. The van der Waals surface area contributed by atoms with Crippen molar-refractivity contribution in [1.82, 2.24) is 24.3 Å². The second kappa shape index (κ2) is 4.84. The lowest BCUT2D eigenvalue weighted by molar-refractivity contribution is 1.23. The van der Waals surface area contributed by atoms with Gasteiger partial charge in [-0.1, -0.05) is 24.3 Å². The van der Waals surface area contributed by atoms with Crippen LogP contribution in [0.25, 0.3) is 60.3 Å². The predicted molar refractivity (Wildman–Crippen MR) is 113 cm³/mol. The number of aromatic nitrogens is 5. The SMILES string of the molecule is c1ccc2c(c1)nc1c2ccc2c1c1cccnc1n1c3ccncc3[nH]c21. The molecule has 7 aromatic rings. The van der Waals surface area contributed by atoms with Gasteiger partial charge in [-0.05, 0) is 30.3 Å². The van der Waals surface area contributed by atoms with Crippen molar-refractivity contribution in [3.8, 4) is 0 Å². The van der Waals surface area contributed by atoms with Crippen molar-refractivity contribution >= 4 is 60.3 Å². The maximum atomic E-state index is 4.99. The van der Waals surface area contributed by atoms with Gasteiger partial charge >= 0.3 is 0 Å². The topological polar surface area (TPSA) is 58.9 Å². The molecule has 7 rings (SSSR count). The fourth-order valence-corrected chi connectivity index (χ4v) is 4.47. The fourth-order valence-electron chi connectivity index (χ4n) is 4.47. The lowest BCUT2D eigenvalue weighted by Gasteiger charge is -2.09. The van der Waals surface area contributed by atoms with Crippen LogP contribution in [0, 0.1) is 0 Å². The van der Waals surface area contributed by atoms with Crippen molar-refractivity contribution < 1.29 is 0 Å². The first kappa shape index (κ1) is 14.1. The number of rotatable bonds is 0. The number of para-hydroxylation sites is 1. The lowest BCUT2D eigenvalue weighted by Crippen LogP contribution is -1.94. The van der Waals surface area contributed by atoms with Crippen LogP contribution in [0.5, 0.6) is 0 Å². The quantitative estimate of drug-likeness (QED) is 0.378. The second-order valence-electron chi connectivity index (χ2n) is 7.09. The highest BCUT2D eigenvalue weighted by atomic mass is 15.1. The molecule has 0 aliphatic rings. The zero-order valence-electron chi connectivity index (χ0n) is 14.7. The Balaban J connectivity index is 1.87. The fraction of sp³-hybridized carbons (Fsp3) is 0. The van der Waals surface area contributed by atoms with Crippen LogP contribution in [-0.4, -0.2) is 24.3 Å². The summed E-state index contributed by atoms with van der Waals surface area (Å²) < 4.78 is 2.18. The van der Waals surface area contributed by atoms with Gasteiger partial charge in [0, 0.05) is 39.3 Å². The van der Waals surface area contributed by atoms with Gasteiger partial charge in [0.05, 0.1) is 28.3 Å². The maximum Gasteiger partial charge on any atom is 0.146 e. The third kappa shape index (κ3) is 1.60. The van der Waals surface area contributed by atoms with Crippen molar-refractivity contribution in [1.29, 1.82) is 0 Å². The minimum atomic E-state index is 0.919. The van der Waals surface area contributed by atoms with Crippen LogP contribution in [0.15, 0.2) is 73.2 Å². The van der Waals surface area contributed by atoms with Crippen LogP contribution in [0.1, 0.15) is 0 Å². The molecule has 0 aliphatic heterocycles. The number of nitrogens with zero attached hydrogens (tertiary/aromatic N) is 4. The third-order valence-corrected chi connectivity index (χ3v) is 5.64. The first-order valence-corrected chi connectivity index (χ1v) is 9.22. The average molecular weight is 359 g/mol. The Hall–Kier alpha value is -3.99. The van der Waals surface area contributed by atoms with Gasteiger partial charge in [0.2, 0.25) is 0 Å². The summed E-state index contributed by atoms with van der Waals surface area (Å²) in [5.41, 5.74) is 6.03. The van der Waals surface area contributed by atoms with Crippen LogP contribution in [0.3, 0.4) is 0 Å². The number of hydrogen-bond donors (Lipinski definition) is 1. The molecule has 0 fully saturated rings. The molecule has 0 unspecified atom stereocenters. The van der Waals surface area contributed by atoms with Crippen molar-refractivity contribution in [3.63, 3.8) is 0 Å². The molecular formula is C23H13N5. The molecule has 28 heavy (non-hydrogen) atoms. The third-order valence-electron chi connectivity index (χ3n) is 5.64. The number of imidazole rings is 1. The largest absolute Gasteiger partial charge is 0.338 e. The molecular weight excluding hydrogens is 346 g/mol. The second-order valence-corrected chi connectivity index (χ2v) is 7.09. The summed E-state index contributed by atoms with van der Waals surface area (Å²) in [5, 5.41) is 5.73. The van der Waals surface area contributed by atoms with Gasteiger partial charge in [-0.3, -0.25) is 9.38 Å². The highest BCUT2D eigenvalue weighted by Crippen LogP contribution is 2.37. The van der Waals surface area contributed by atoms with Crippen LogP contribution < -0.4 is 0 Å². The molecule has 5 aromatic heterocycles. The van der Waals surface area contributed by atoms with Gasteiger partial charge in [-0.25, -0.2) is 9.97 Å². The Morgan fingerprint density at radius 1 is 0.786 bits per heavy atom. The first-order chi connectivity index (χ1) is 13.9. The highest BCUT2D eigenvalue weighted by Gasteiger charge is 2.17.